The Morgan fingerprint density at radius 1 is 1.04 bits per heavy atom. The lowest BCUT2D eigenvalue weighted by atomic mass is 9.84. The minimum Gasteiger partial charge on any atom is -0.481 e. The predicted octanol–water partition coefficient (Wildman–Crippen LogP) is 8.56. The molecule has 2 unspecified atom stereocenters. The number of carbonyl (C=O) groups is 6. The van der Waals surface area contributed by atoms with E-state index in [9.17, 15) is 33.9 Å². The molecule has 1 fully saturated rings. The molecule has 1 aliphatic heterocycles. The van der Waals surface area contributed by atoms with Crippen molar-refractivity contribution >= 4 is 52.8 Å². The van der Waals surface area contributed by atoms with Gasteiger partial charge in [0.2, 0.25) is 11.8 Å². The molecule has 0 radical (unpaired) electrons. The second-order valence-electron chi connectivity index (χ2n) is 19.4. The number of aromatic nitrogens is 1. The van der Waals surface area contributed by atoms with Crippen LogP contribution in [0.5, 0.6) is 0 Å². The maximum absolute atomic E-state index is 15.3. The smallest absolute Gasteiger partial charge is 0.414 e. The molecule has 1 aliphatic rings. The number of likely N-dealkylation sites (N-methyl/N-ethyl adjacent to an activating group) is 1. The highest BCUT2D eigenvalue weighted by molar-refractivity contribution is 7.09. The Morgan fingerprint density at radius 2 is 1.76 bits per heavy atom. The molecule has 4 amide bonds. The van der Waals surface area contributed by atoms with Crippen LogP contribution < -0.4 is 15.5 Å². The SMILES string of the molecule is C#CCCCCN(C(=O)[C@@H](NC(=O)C1CCCCN1C)[C@@H](C)CC)[C@H](C[C@@H](OC(C)=O)c1nc(C(=O)NC(Cc2ccc(F)c(N(C)C(=O)OCc3ccccc3)c2)CC(C)(C)C(=O)O)cs1)C(C)C. The first-order valence-corrected chi connectivity index (χ1v) is 25.2. The molecule has 4 rings (SSSR count). The molecule has 2 aromatic carbocycles. The van der Waals surface area contributed by atoms with E-state index in [-0.39, 0.29) is 66.9 Å². The van der Waals surface area contributed by atoms with E-state index in [1.165, 1.54) is 51.4 Å². The van der Waals surface area contributed by atoms with E-state index in [4.69, 9.17) is 15.9 Å². The lowest BCUT2D eigenvalue weighted by Crippen LogP contribution is -2.59. The molecule has 2 heterocycles. The zero-order chi connectivity index (χ0) is 51.7. The molecule has 0 saturated carbocycles. The van der Waals surface area contributed by atoms with Crippen LogP contribution in [0.1, 0.15) is 139 Å². The Kier molecular flexibility index (Phi) is 21.8. The molecule has 0 spiro atoms. The first-order valence-electron chi connectivity index (χ1n) is 24.3. The lowest BCUT2D eigenvalue weighted by molar-refractivity contribution is -0.150. The number of rotatable bonds is 25. The minimum absolute atomic E-state index is 0.00786. The van der Waals surface area contributed by atoms with E-state index in [0.717, 1.165) is 41.2 Å². The van der Waals surface area contributed by atoms with Crippen LogP contribution >= 0.6 is 11.3 Å². The number of anilines is 1. The van der Waals surface area contributed by atoms with Gasteiger partial charge in [0.25, 0.3) is 5.91 Å². The van der Waals surface area contributed by atoms with Crippen LogP contribution in [0.25, 0.3) is 0 Å². The largest absolute Gasteiger partial charge is 0.481 e. The number of carbonyl (C=O) groups excluding carboxylic acids is 5. The van der Waals surface area contributed by atoms with Gasteiger partial charge in [-0.3, -0.25) is 33.8 Å². The number of terminal acetylenes is 1. The van der Waals surface area contributed by atoms with Gasteiger partial charge in [0.1, 0.15) is 29.2 Å². The number of carboxylic acid groups (broad SMARTS) is 1. The average molecular weight is 989 g/mol. The summed E-state index contributed by atoms with van der Waals surface area (Å²) in [6.45, 7) is 13.3. The quantitative estimate of drug-likeness (QED) is 0.0419. The summed E-state index contributed by atoms with van der Waals surface area (Å²) in [5, 5.41) is 18.0. The van der Waals surface area contributed by atoms with Crippen molar-refractivity contribution < 1.29 is 47.7 Å². The van der Waals surface area contributed by atoms with Crippen molar-refractivity contribution in [2.75, 3.05) is 32.1 Å². The number of aliphatic carboxylic acids is 1. The number of esters is 1. The number of nitrogens with zero attached hydrogens (tertiary/aromatic N) is 4. The highest BCUT2D eigenvalue weighted by atomic mass is 32.1. The summed E-state index contributed by atoms with van der Waals surface area (Å²) in [6.07, 6.45) is 9.07. The van der Waals surface area contributed by atoms with Gasteiger partial charge in [0, 0.05) is 50.8 Å². The minimum atomic E-state index is -1.30. The zero-order valence-electron chi connectivity index (χ0n) is 42.3. The molecule has 3 aromatic rings. The van der Waals surface area contributed by atoms with Crippen molar-refractivity contribution in [3.05, 3.63) is 81.6 Å². The fourth-order valence-corrected chi connectivity index (χ4v) is 9.50. The van der Waals surface area contributed by atoms with Crippen LogP contribution in [0.2, 0.25) is 0 Å². The standard InChI is InChI=1S/C53H73FN6O9S/c1-11-13-14-19-27-60(50(64)46(35(5)12-2)57-48(63)42-23-18-20-26-58(42)9)43(34(3)4)30-45(69-36(6)61)49-56-41(33-70-49)47(62)55-39(31-53(7,8)51(65)66)28-38-24-25-40(54)44(29-38)59(10)52(67)68-32-37-21-16-15-17-22-37/h1,15-17,21-22,24-25,29,33-35,39,42-43,45-46H,12-14,18-20,23,26-28,30-32H2,2-10H3,(H,55,62)(H,57,63)(H,65,66)/t35-,39?,42?,43+,45+,46-/m0/s1. The summed E-state index contributed by atoms with van der Waals surface area (Å²) in [4.78, 5) is 90.5. The number of hydrogen-bond acceptors (Lipinski definition) is 11. The molecule has 382 valence electrons. The fourth-order valence-electron chi connectivity index (χ4n) is 8.66. The third-order valence-corrected chi connectivity index (χ3v) is 14.0. The van der Waals surface area contributed by atoms with Crippen LogP contribution in [0.4, 0.5) is 14.9 Å². The highest BCUT2D eigenvalue weighted by Crippen LogP contribution is 2.33. The normalized spacial score (nSPS) is 16.2. The van der Waals surface area contributed by atoms with Crippen molar-refractivity contribution in [2.24, 2.45) is 17.3 Å². The highest BCUT2D eigenvalue weighted by Gasteiger charge is 2.39. The summed E-state index contributed by atoms with van der Waals surface area (Å²) < 4.78 is 26.6. The molecule has 15 nitrogen and oxygen atoms in total. The molecule has 17 heteroatoms. The Hall–Kier alpha value is -5.86. The number of unbranched alkanes of at least 4 members (excludes halogenated alkanes) is 2. The summed E-state index contributed by atoms with van der Waals surface area (Å²) >= 11 is 1.10. The topological polar surface area (TPSA) is 188 Å². The molecule has 0 bridgehead atoms. The Labute approximate surface area is 417 Å². The van der Waals surface area contributed by atoms with E-state index < -0.39 is 59.4 Å². The van der Waals surface area contributed by atoms with Crippen LogP contribution in [0.3, 0.4) is 0 Å². The van der Waals surface area contributed by atoms with Gasteiger partial charge in [0.05, 0.1) is 17.1 Å². The lowest BCUT2D eigenvalue weighted by Gasteiger charge is -2.40. The van der Waals surface area contributed by atoms with Crippen molar-refractivity contribution in [3.8, 4) is 12.3 Å². The Bertz CT molecular complexity index is 2280. The summed E-state index contributed by atoms with van der Waals surface area (Å²) in [5.41, 5.74) is -0.116. The van der Waals surface area contributed by atoms with Crippen molar-refractivity contribution in [1.29, 1.82) is 0 Å². The molecule has 70 heavy (non-hydrogen) atoms. The second-order valence-corrected chi connectivity index (χ2v) is 20.3. The van der Waals surface area contributed by atoms with Crippen LogP contribution in [-0.2, 0) is 41.7 Å². The van der Waals surface area contributed by atoms with E-state index in [1.54, 1.807) is 17.0 Å². The van der Waals surface area contributed by atoms with Crippen LogP contribution in [0, 0.1) is 35.4 Å². The fraction of sp³-hybridized carbons (Fsp3) is 0.566. The number of carboxylic acids is 1. The van der Waals surface area contributed by atoms with Crippen LogP contribution in [-0.4, -0.2) is 107 Å². The number of halogens is 1. The number of piperidine rings is 1. The summed E-state index contributed by atoms with van der Waals surface area (Å²) in [7, 11) is 3.31. The van der Waals surface area contributed by atoms with Gasteiger partial charge in [-0.05, 0) is 101 Å². The number of amides is 4. The third kappa shape index (κ3) is 16.4. The number of thiazole rings is 1. The second kappa shape index (κ2) is 26.9. The van der Waals surface area contributed by atoms with E-state index in [1.807, 2.05) is 57.8 Å². The molecular weight excluding hydrogens is 916 g/mol. The summed E-state index contributed by atoms with van der Waals surface area (Å²) in [5.74, 6) is -1.09. The van der Waals surface area contributed by atoms with Gasteiger partial charge in [0.15, 0.2) is 6.10 Å². The number of benzene rings is 2. The maximum atomic E-state index is 15.3. The number of hydrogen-bond donors (Lipinski definition) is 3. The van der Waals surface area contributed by atoms with Gasteiger partial charge in [-0.15, -0.1) is 23.7 Å². The monoisotopic (exact) mass is 989 g/mol. The average Bonchev–Trinajstić information content (AvgIpc) is 3.82. The predicted molar refractivity (Wildman–Crippen MR) is 268 cm³/mol. The zero-order valence-corrected chi connectivity index (χ0v) is 43.1. The summed E-state index contributed by atoms with van der Waals surface area (Å²) in [6, 6.07) is 10.7. The van der Waals surface area contributed by atoms with Gasteiger partial charge < -0.3 is 30.1 Å². The first kappa shape index (κ1) is 56.7. The van der Waals surface area contributed by atoms with Crippen molar-refractivity contribution in [3.63, 3.8) is 0 Å². The molecular formula is C53H73FN6O9S. The number of likely N-dealkylation sites (tertiary alicyclic amines) is 1. The molecule has 1 saturated heterocycles. The Morgan fingerprint density at radius 3 is 2.39 bits per heavy atom. The van der Waals surface area contributed by atoms with Crippen LogP contribution in [0.15, 0.2) is 53.9 Å². The van der Waals surface area contributed by atoms with Gasteiger partial charge in [-0.2, -0.15) is 0 Å². The number of nitrogens with one attached hydrogen (secondary N) is 2. The van der Waals surface area contributed by atoms with E-state index in [0.29, 0.717) is 49.2 Å². The first-order chi connectivity index (χ1) is 33.2. The van der Waals surface area contributed by atoms with Gasteiger partial charge in [-0.25, -0.2) is 14.2 Å². The van der Waals surface area contributed by atoms with Crippen molar-refractivity contribution in [2.45, 2.75) is 150 Å². The third-order valence-electron chi connectivity index (χ3n) is 13.1. The van der Waals surface area contributed by atoms with E-state index in [2.05, 4.69) is 21.5 Å². The number of ether oxygens (including phenoxy) is 2. The van der Waals surface area contributed by atoms with Gasteiger partial charge in [-0.1, -0.05) is 76.9 Å². The van der Waals surface area contributed by atoms with Gasteiger partial charge >= 0.3 is 18.0 Å². The van der Waals surface area contributed by atoms with E-state index >= 15 is 4.39 Å². The maximum Gasteiger partial charge on any atom is 0.414 e. The molecule has 0 aliphatic carbocycles. The Balaban J connectivity index is 1.61. The molecule has 6 atom stereocenters. The molecule has 3 N–H and O–H groups in total. The molecule has 1 aromatic heterocycles. The van der Waals surface area contributed by atoms with Crippen molar-refractivity contribution in [1.82, 2.24) is 25.4 Å².